The highest BCUT2D eigenvalue weighted by atomic mass is 16.5. The molecule has 2 rings (SSSR count). The zero-order valence-corrected chi connectivity index (χ0v) is 12.4. The molecular formula is C15H28N2O2. The molecule has 2 heterocycles. The average molecular weight is 268 g/mol. The number of hydrogen-bond donors (Lipinski definition) is 0. The molecule has 0 N–H and O–H groups in total. The van der Waals surface area contributed by atoms with Gasteiger partial charge in [-0.15, -0.1) is 0 Å². The Morgan fingerprint density at radius 1 is 1.26 bits per heavy atom. The summed E-state index contributed by atoms with van der Waals surface area (Å²) in [5.74, 6) is 1.49. The van der Waals surface area contributed by atoms with Gasteiger partial charge in [0.15, 0.2) is 0 Å². The first-order chi connectivity index (χ1) is 9.15. The Balaban J connectivity index is 1.68. The third-order valence-corrected chi connectivity index (χ3v) is 4.08. The predicted octanol–water partition coefficient (Wildman–Crippen LogP) is 1.60. The van der Waals surface area contributed by atoms with Crippen LogP contribution in [0.15, 0.2) is 0 Å². The van der Waals surface area contributed by atoms with Gasteiger partial charge in [-0.25, -0.2) is 0 Å². The van der Waals surface area contributed by atoms with Crippen LogP contribution in [-0.2, 0) is 9.53 Å². The van der Waals surface area contributed by atoms with E-state index in [1.165, 1.54) is 12.8 Å². The Bertz CT molecular complexity index is 280. The molecule has 0 bridgehead atoms. The van der Waals surface area contributed by atoms with E-state index in [1.807, 2.05) is 4.90 Å². The van der Waals surface area contributed by atoms with Gasteiger partial charge in [0.2, 0.25) is 5.91 Å². The molecule has 0 aromatic carbocycles. The molecule has 1 atom stereocenters. The molecule has 4 heteroatoms. The largest absolute Gasteiger partial charge is 0.381 e. The van der Waals surface area contributed by atoms with Crippen molar-refractivity contribution in [2.45, 2.75) is 33.1 Å². The maximum atomic E-state index is 12.0. The zero-order valence-electron chi connectivity index (χ0n) is 12.4. The fourth-order valence-electron chi connectivity index (χ4n) is 2.97. The molecule has 19 heavy (non-hydrogen) atoms. The Labute approximate surface area is 117 Å². The lowest BCUT2D eigenvalue weighted by atomic mass is 10.0. The maximum absolute atomic E-state index is 12.0. The van der Waals surface area contributed by atoms with Crippen LogP contribution >= 0.6 is 0 Å². The molecule has 0 aliphatic carbocycles. The van der Waals surface area contributed by atoms with Crippen LogP contribution in [0.5, 0.6) is 0 Å². The van der Waals surface area contributed by atoms with Gasteiger partial charge in [0.1, 0.15) is 0 Å². The summed E-state index contributed by atoms with van der Waals surface area (Å²) >= 11 is 0. The number of carbonyl (C=O) groups is 1. The number of rotatable bonds is 4. The molecule has 2 saturated heterocycles. The van der Waals surface area contributed by atoms with Crippen molar-refractivity contribution in [2.24, 2.45) is 11.8 Å². The van der Waals surface area contributed by atoms with E-state index in [1.54, 1.807) is 0 Å². The molecule has 1 amide bonds. The Kier molecular flexibility index (Phi) is 5.64. The molecule has 0 aromatic rings. The minimum atomic E-state index is 0.329. The topological polar surface area (TPSA) is 32.8 Å². The average Bonchev–Trinajstić information content (AvgIpc) is 2.40. The van der Waals surface area contributed by atoms with E-state index in [2.05, 4.69) is 18.7 Å². The van der Waals surface area contributed by atoms with Crippen LogP contribution < -0.4 is 0 Å². The second-order valence-electron chi connectivity index (χ2n) is 6.36. The van der Waals surface area contributed by atoms with Gasteiger partial charge >= 0.3 is 0 Å². The quantitative estimate of drug-likeness (QED) is 0.776. The first-order valence-electron chi connectivity index (χ1n) is 7.73. The van der Waals surface area contributed by atoms with Gasteiger partial charge in [0, 0.05) is 45.8 Å². The summed E-state index contributed by atoms with van der Waals surface area (Å²) in [7, 11) is 0. The maximum Gasteiger partial charge on any atom is 0.222 e. The summed E-state index contributed by atoms with van der Waals surface area (Å²) in [6.07, 6.45) is 3.19. The van der Waals surface area contributed by atoms with E-state index in [9.17, 15) is 4.79 Å². The fourth-order valence-corrected chi connectivity index (χ4v) is 2.97. The molecule has 0 spiro atoms. The van der Waals surface area contributed by atoms with Crippen molar-refractivity contribution in [2.75, 3.05) is 45.9 Å². The first kappa shape index (κ1) is 14.8. The van der Waals surface area contributed by atoms with Crippen molar-refractivity contribution >= 4 is 5.91 Å². The molecule has 2 aliphatic rings. The lowest BCUT2D eigenvalue weighted by Gasteiger charge is -2.37. The van der Waals surface area contributed by atoms with Gasteiger partial charge in [-0.3, -0.25) is 9.69 Å². The lowest BCUT2D eigenvalue weighted by Crippen LogP contribution is -2.50. The highest BCUT2D eigenvalue weighted by molar-refractivity contribution is 5.76. The third kappa shape index (κ3) is 4.77. The summed E-state index contributed by atoms with van der Waals surface area (Å²) < 4.78 is 5.54. The standard InChI is InChI=1S/C15H28N2O2/c1-13(2)10-15(18)17-7-5-16(6-8-17)11-14-4-3-9-19-12-14/h13-14H,3-12H2,1-2H3/t14-/m0/s1. The van der Waals surface area contributed by atoms with Crippen molar-refractivity contribution in [3.8, 4) is 0 Å². The fraction of sp³-hybridized carbons (Fsp3) is 0.933. The van der Waals surface area contributed by atoms with Gasteiger partial charge in [-0.05, 0) is 24.7 Å². The van der Waals surface area contributed by atoms with E-state index < -0.39 is 0 Å². The van der Waals surface area contributed by atoms with Crippen LogP contribution in [0.4, 0.5) is 0 Å². The van der Waals surface area contributed by atoms with Crippen LogP contribution in [0, 0.1) is 11.8 Å². The molecule has 2 fully saturated rings. The third-order valence-electron chi connectivity index (χ3n) is 4.08. The number of piperazine rings is 1. The lowest BCUT2D eigenvalue weighted by molar-refractivity contribution is -0.133. The molecule has 0 unspecified atom stereocenters. The minimum absolute atomic E-state index is 0.329. The Morgan fingerprint density at radius 2 is 2.00 bits per heavy atom. The van der Waals surface area contributed by atoms with Crippen molar-refractivity contribution in [3.05, 3.63) is 0 Å². The van der Waals surface area contributed by atoms with Crippen molar-refractivity contribution < 1.29 is 9.53 Å². The second kappa shape index (κ2) is 7.25. The van der Waals surface area contributed by atoms with Gasteiger partial charge < -0.3 is 9.64 Å². The van der Waals surface area contributed by atoms with Gasteiger partial charge in [-0.1, -0.05) is 13.8 Å². The summed E-state index contributed by atoms with van der Waals surface area (Å²) in [6.45, 7) is 11.1. The van der Waals surface area contributed by atoms with Gasteiger partial charge in [-0.2, -0.15) is 0 Å². The number of carbonyl (C=O) groups excluding carboxylic acids is 1. The first-order valence-corrected chi connectivity index (χ1v) is 7.73. The van der Waals surface area contributed by atoms with E-state index in [0.29, 0.717) is 24.2 Å². The van der Waals surface area contributed by atoms with Crippen LogP contribution in [0.2, 0.25) is 0 Å². The van der Waals surface area contributed by atoms with E-state index in [-0.39, 0.29) is 0 Å². The summed E-state index contributed by atoms with van der Waals surface area (Å²) in [5.41, 5.74) is 0. The smallest absolute Gasteiger partial charge is 0.222 e. The minimum Gasteiger partial charge on any atom is -0.381 e. The predicted molar refractivity (Wildman–Crippen MR) is 76.0 cm³/mol. The molecule has 110 valence electrons. The second-order valence-corrected chi connectivity index (χ2v) is 6.36. The van der Waals surface area contributed by atoms with Crippen LogP contribution in [0.25, 0.3) is 0 Å². The molecule has 0 radical (unpaired) electrons. The Hall–Kier alpha value is -0.610. The van der Waals surface area contributed by atoms with Crippen molar-refractivity contribution in [3.63, 3.8) is 0 Å². The normalized spacial score (nSPS) is 25.8. The SMILES string of the molecule is CC(C)CC(=O)N1CCN(C[C@@H]2CCCOC2)CC1. The van der Waals surface area contributed by atoms with E-state index in [4.69, 9.17) is 4.74 Å². The molecular weight excluding hydrogens is 240 g/mol. The monoisotopic (exact) mass is 268 g/mol. The van der Waals surface area contributed by atoms with E-state index in [0.717, 1.165) is 45.9 Å². The summed E-state index contributed by atoms with van der Waals surface area (Å²) in [5, 5.41) is 0. The molecule has 2 aliphatic heterocycles. The molecule has 0 saturated carbocycles. The molecule has 4 nitrogen and oxygen atoms in total. The van der Waals surface area contributed by atoms with Crippen LogP contribution in [0.3, 0.4) is 0 Å². The van der Waals surface area contributed by atoms with E-state index >= 15 is 0 Å². The number of hydrogen-bond acceptors (Lipinski definition) is 3. The van der Waals surface area contributed by atoms with Crippen LogP contribution in [-0.4, -0.2) is 61.6 Å². The summed E-state index contributed by atoms with van der Waals surface area (Å²) in [4.78, 5) is 16.5. The number of ether oxygens (including phenoxy) is 1. The number of nitrogens with zero attached hydrogens (tertiary/aromatic N) is 2. The summed E-state index contributed by atoms with van der Waals surface area (Å²) in [6, 6.07) is 0. The zero-order chi connectivity index (χ0) is 13.7. The molecule has 0 aromatic heterocycles. The van der Waals surface area contributed by atoms with Gasteiger partial charge in [0.25, 0.3) is 0 Å². The Morgan fingerprint density at radius 3 is 2.58 bits per heavy atom. The number of amides is 1. The highest BCUT2D eigenvalue weighted by Gasteiger charge is 2.24. The van der Waals surface area contributed by atoms with Crippen molar-refractivity contribution in [1.82, 2.24) is 9.80 Å². The highest BCUT2D eigenvalue weighted by Crippen LogP contribution is 2.16. The van der Waals surface area contributed by atoms with Crippen molar-refractivity contribution in [1.29, 1.82) is 0 Å². The van der Waals surface area contributed by atoms with Gasteiger partial charge in [0.05, 0.1) is 6.61 Å². The van der Waals surface area contributed by atoms with Crippen LogP contribution in [0.1, 0.15) is 33.1 Å².